The molecule has 0 unspecified atom stereocenters. The van der Waals surface area contributed by atoms with Crippen molar-refractivity contribution in [3.8, 4) is 5.75 Å². The molecule has 1 aliphatic carbocycles. The Morgan fingerprint density at radius 3 is 2.94 bits per heavy atom. The molecule has 86 valence electrons. The van der Waals surface area contributed by atoms with Crippen LogP contribution >= 0.6 is 0 Å². The van der Waals surface area contributed by atoms with Crippen LogP contribution in [0.25, 0.3) is 6.08 Å². The monoisotopic (exact) mass is 217 g/mol. The maximum atomic E-state index is 5.82. The molecule has 2 N–H and O–H groups in total. The Labute approximate surface area is 97.1 Å². The van der Waals surface area contributed by atoms with Crippen LogP contribution in [0.3, 0.4) is 0 Å². The highest BCUT2D eigenvalue weighted by atomic mass is 16.5. The van der Waals surface area contributed by atoms with Gasteiger partial charge in [-0.2, -0.15) is 0 Å². The summed E-state index contributed by atoms with van der Waals surface area (Å²) in [5.74, 6) is 1.76. The molecule has 0 aliphatic heterocycles. The van der Waals surface area contributed by atoms with Crippen molar-refractivity contribution in [2.45, 2.75) is 19.8 Å². The molecule has 0 amide bonds. The number of hydrogen-bond donors (Lipinski definition) is 1. The zero-order valence-corrected chi connectivity index (χ0v) is 9.78. The van der Waals surface area contributed by atoms with E-state index in [0.717, 1.165) is 23.8 Å². The smallest absolute Gasteiger partial charge is 0.126 e. The number of hydrogen-bond acceptors (Lipinski definition) is 2. The second-order valence-electron chi connectivity index (χ2n) is 4.43. The van der Waals surface area contributed by atoms with Crippen LogP contribution in [0.1, 0.15) is 24.0 Å². The lowest BCUT2D eigenvalue weighted by Gasteiger charge is -2.09. The number of aryl methyl sites for hydroxylation is 1. The lowest BCUT2D eigenvalue weighted by Crippen LogP contribution is -2.00. The molecule has 0 saturated heterocycles. The Morgan fingerprint density at radius 1 is 1.44 bits per heavy atom. The highest BCUT2D eigenvalue weighted by Gasteiger charge is 2.22. The molecule has 2 nitrogen and oxygen atoms in total. The fourth-order valence-electron chi connectivity index (χ4n) is 1.62. The molecular formula is C14H19NO. The van der Waals surface area contributed by atoms with E-state index in [1.54, 1.807) is 0 Å². The van der Waals surface area contributed by atoms with Crippen LogP contribution < -0.4 is 10.5 Å². The predicted octanol–water partition coefficient (Wildman–Crippen LogP) is 2.76. The Balaban J connectivity index is 2.09. The third-order valence-corrected chi connectivity index (χ3v) is 2.77. The second kappa shape index (κ2) is 5.17. The average Bonchev–Trinajstić information content (AvgIpc) is 3.09. The van der Waals surface area contributed by atoms with Gasteiger partial charge in [-0.1, -0.05) is 23.8 Å². The normalized spacial score (nSPS) is 15.6. The standard InChI is InChI=1S/C14H19NO/c1-11-4-7-14(16-10-12-5-6-12)13(9-11)3-2-8-15/h2-4,7,9,12H,5-6,8,10,15H2,1H3/b3-2+. The minimum atomic E-state index is 0.565. The summed E-state index contributed by atoms with van der Waals surface area (Å²) in [6, 6.07) is 6.27. The van der Waals surface area contributed by atoms with E-state index in [2.05, 4.69) is 19.1 Å². The number of nitrogens with two attached hydrogens (primary N) is 1. The lowest BCUT2D eigenvalue weighted by atomic mass is 10.1. The van der Waals surface area contributed by atoms with Crippen molar-refractivity contribution in [3.63, 3.8) is 0 Å². The molecule has 0 radical (unpaired) electrons. The molecular weight excluding hydrogens is 198 g/mol. The number of rotatable bonds is 5. The van der Waals surface area contributed by atoms with Gasteiger partial charge >= 0.3 is 0 Å². The zero-order chi connectivity index (χ0) is 11.4. The van der Waals surface area contributed by atoms with Crippen LogP contribution in [-0.2, 0) is 0 Å². The van der Waals surface area contributed by atoms with E-state index in [1.165, 1.54) is 18.4 Å². The molecule has 0 atom stereocenters. The van der Waals surface area contributed by atoms with E-state index in [1.807, 2.05) is 18.2 Å². The Kier molecular flexibility index (Phi) is 3.62. The first-order valence-electron chi connectivity index (χ1n) is 5.89. The summed E-state index contributed by atoms with van der Waals surface area (Å²) >= 11 is 0. The average molecular weight is 217 g/mol. The van der Waals surface area contributed by atoms with Crippen molar-refractivity contribution in [2.75, 3.05) is 13.2 Å². The topological polar surface area (TPSA) is 35.2 Å². The summed E-state index contributed by atoms with van der Waals surface area (Å²) < 4.78 is 5.82. The van der Waals surface area contributed by atoms with Crippen molar-refractivity contribution in [1.82, 2.24) is 0 Å². The summed E-state index contributed by atoms with van der Waals surface area (Å²) in [6.45, 7) is 3.51. The number of benzene rings is 1. The van der Waals surface area contributed by atoms with Crippen molar-refractivity contribution in [2.24, 2.45) is 11.7 Å². The summed E-state index contributed by atoms with van der Waals surface area (Å²) in [4.78, 5) is 0. The molecule has 0 spiro atoms. The summed E-state index contributed by atoms with van der Waals surface area (Å²) in [5, 5.41) is 0. The van der Waals surface area contributed by atoms with Gasteiger partial charge in [0.1, 0.15) is 5.75 Å². The molecule has 1 fully saturated rings. The highest BCUT2D eigenvalue weighted by Crippen LogP contribution is 2.30. The van der Waals surface area contributed by atoms with Crippen LogP contribution in [0.2, 0.25) is 0 Å². The summed E-state index contributed by atoms with van der Waals surface area (Å²) in [7, 11) is 0. The van der Waals surface area contributed by atoms with Gasteiger partial charge in [-0.15, -0.1) is 0 Å². The largest absolute Gasteiger partial charge is 0.493 e. The van der Waals surface area contributed by atoms with E-state index in [9.17, 15) is 0 Å². The molecule has 2 rings (SSSR count). The summed E-state index contributed by atoms with van der Waals surface area (Å²) in [6.07, 6.45) is 6.63. The van der Waals surface area contributed by atoms with Crippen LogP contribution in [0.5, 0.6) is 5.75 Å². The molecule has 2 heteroatoms. The fraction of sp³-hybridized carbons (Fsp3) is 0.429. The zero-order valence-electron chi connectivity index (χ0n) is 9.78. The van der Waals surface area contributed by atoms with Crippen LogP contribution in [0, 0.1) is 12.8 Å². The van der Waals surface area contributed by atoms with Crippen molar-refractivity contribution < 1.29 is 4.74 Å². The molecule has 16 heavy (non-hydrogen) atoms. The van der Waals surface area contributed by atoms with Crippen molar-refractivity contribution >= 4 is 6.08 Å². The van der Waals surface area contributed by atoms with E-state index >= 15 is 0 Å². The van der Waals surface area contributed by atoms with E-state index in [0.29, 0.717) is 6.54 Å². The third-order valence-electron chi connectivity index (χ3n) is 2.77. The molecule has 0 aromatic heterocycles. The summed E-state index contributed by atoms with van der Waals surface area (Å²) in [5.41, 5.74) is 7.85. The highest BCUT2D eigenvalue weighted by molar-refractivity contribution is 5.58. The van der Waals surface area contributed by atoms with E-state index < -0.39 is 0 Å². The first-order chi connectivity index (χ1) is 7.79. The lowest BCUT2D eigenvalue weighted by molar-refractivity contribution is 0.299. The van der Waals surface area contributed by atoms with Crippen LogP contribution in [-0.4, -0.2) is 13.2 Å². The quantitative estimate of drug-likeness (QED) is 0.823. The Bertz CT molecular complexity index is 380. The van der Waals surface area contributed by atoms with Crippen LogP contribution in [0.15, 0.2) is 24.3 Å². The van der Waals surface area contributed by atoms with Gasteiger partial charge in [0.2, 0.25) is 0 Å². The van der Waals surface area contributed by atoms with Crippen molar-refractivity contribution in [1.29, 1.82) is 0 Å². The first-order valence-corrected chi connectivity index (χ1v) is 5.89. The fourth-order valence-corrected chi connectivity index (χ4v) is 1.62. The van der Waals surface area contributed by atoms with Gasteiger partial charge in [-0.3, -0.25) is 0 Å². The molecule has 0 heterocycles. The Hall–Kier alpha value is -1.28. The van der Waals surface area contributed by atoms with Crippen molar-refractivity contribution in [3.05, 3.63) is 35.4 Å². The minimum absolute atomic E-state index is 0.565. The van der Waals surface area contributed by atoms with Gasteiger partial charge in [0.15, 0.2) is 0 Å². The minimum Gasteiger partial charge on any atom is -0.493 e. The molecule has 1 aromatic rings. The molecule has 1 aromatic carbocycles. The predicted molar refractivity (Wildman–Crippen MR) is 67.5 cm³/mol. The molecule has 0 bridgehead atoms. The van der Waals surface area contributed by atoms with Gasteiger partial charge in [0.25, 0.3) is 0 Å². The van der Waals surface area contributed by atoms with Gasteiger partial charge in [-0.25, -0.2) is 0 Å². The molecule has 1 saturated carbocycles. The van der Waals surface area contributed by atoms with Gasteiger partial charge in [0, 0.05) is 12.1 Å². The Morgan fingerprint density at radius 2 is 2.25 bits per heavy atom. The van der Waals surface area contributed by atoms with E-state index in [4.69, 9.17) is 10.5 Å². The van der Waals surface area contributed by atoms with E-state index in [-0.39, 0.29) is 0 Å². The van der Waals surface area contributed by atoms with Gasteiger partial charge in [0.05, 0.1) is 6.61 Å². The molecule has 1 aliphatic rings. The third kappa shape index (κ3) is 3.11. The SMILES string of the molecule is Cc1ccc(OCC2CC2)c(/C=C/CN)c1. The van der Waals surface area contributed by atoms with Gasteiger partial charge in [-0.05, 0) is 37.8 Å². The maximum Gasteiger partial charge on any atom is 0.126 e. The second-order valence-corrected chi connectivity index (χ2v) is 4.43. The first kappa shape index (κ1) is 11.2. The van der Waals surface area contributed by atoms with Gasteiger partial charge < -0.3 is 10.5 Å². The maximum absolute atomic E-state index is 5.82. The van der Waals surface area contributed by atoms with Crippen LogP contribution in [0.4, 0.5) is 0 Å². The number of ether oxygens (including phenoxy) is 1.